The van der Waals surface area contributed by atoms with Crippen LogP contribution in [0.2, 0.25) is 0 Å². The third-order valence-electron chi connectivity index (χ3n) is 3.29. The third-order valence-corrected chi connectivity index (χ3v) is 3.29. The van der Waals surface area contributed by atoms with Crippen molar-refractivity contribution < 1.29 is 0 Å². The minimum atomic E-state index is -0.322. The number of nitrogens with one attached hydrogen (secondary N) is 1. The van der Waals surface area contributed by atoms with Crippen LogP contribution in [0.25, 0.3) is 0 Å². The van der Waals surface area contributed by atoms with Gasteiger partial charge in [-0.2, -0.15) is 5.26 Å². The molecule has 3 heteroatoms. The highest BCUT2D eigenvalue weighted by Gasteiger charge is 2.24. The summed E-state index contributed by atoms with van der Waals surface area (Å²) in [4.78, 5) is 2.31. The molecule has 3 nitrogen and oxygen atoms in total. The Bertz CT molecular complexity index is 201. The van der Waals surface area contributed by atoms with Crippen molar-refractivity contribution in [3.63, 3.8) is 0 Å². The Labute approximate surface area is 94.5 Å². The second-order valence-corrected chi connectivity index (χ2v) is 4.48. The predicted molar refractivity (Wildman–Crippen MR) is 64.7 cm³/mol. The van der Waals surface area contributed by atoms with Gasteiger partial charge in [0, 0.05) is 6.04 Å². The summed E-state index contributed by atoms with van der Waals surface area (Å²) in [5.41, 5.74) is -0.322. The lowest BCUT2D eigenvalue weighted by Crippen LogP contribution is -2.41. The fourth-order valence-electron chi connectivity index (χ4n) is 1.56. The standard InChI is InChI=1S/C12H25N3/c1-6-12(10-13,14-4)8-7-9-15(5)11(2)3/h11,14H,6-9H2,1-5H3. The molecule has 88 valence electrons. The van der Waals surface area contributed by atoms with Crippen molar-refractivity contribution in [3.8, 4) is 6.07 Å². The summed E-state index contributed by atoms with van der Waals surface area (Å²) in [7, 11) is 4.00. The normalized spacial score (nSPS) is 15.3. The summed E-state index contributed by atoms with van der Waals surface area (Å²) in [6.45, 7) is 7.50. The lowest BCUT2D eigenvalue weighted by molar-refractivity contribution is 0.255. The maximum absolute atomic E-state index is 9.12. The molecule has 0 fully saturated rings. The number of rotatable bonds is 7. The summed E-state index contributed by atoms with van der Waals surface area (Å²) < 4.78 is 0. The van der Waals surface area contributed by atoms with Gasteiger partial charge in [-0.05, 0) is 53.8 Å². The van der Waals surface area contributed by atoms with Gasteiger partial charge in [-0.3, -0.25) is 0 Å². The Kier molecular flexibility index (Phi) is 6.55. The molecule has 0 saturated heterocycles. The summed E-state index contributed by atoms with van der Waals surface area (Å²) in [5, 5.41) is 12.3. The minimum absolute atomic E-state index is 0.322. The Morgan fingerprint density at radius 2 is 2.07 bits per heavy atom. The van der Waals surface area contributed by atoms with Gasteiger partial charge in [-0.25, -0.2) is 0 Å². The van der Waals surface area contributed by atoms with Crippen molar-refractivity contribution in [3.05, 3.63) is 0 Å². The first-order valence-corrected chi connectivity index (χ1v) is 5.81. The van der Waals surface area contributed by atoms with E-state index < -0.39 is 0 Å². The molecule has 0 amide bonds. The Morgan fingerprint density at radius 1 is 1.47 bits per heavy atom. The Morgan fingerprint density at radius 3 is 2.40 bits per heavy atom. The first-order valence-electron chi connectivity index (χ1n) is 5.81. The zero-order valence-electron chi connectivity index (χ0n) is 10.8. The summed E-state index contributed by atoms with van der Waals surface area (Å²) in [6.07, 6.45) is 2.86. The van der Waals surface area contributed by atoms with E-state index in [0.717, 1.165) is 25.8 Å². The van der Waals surface area contributed by atoms with Gasteiger partial charge < -0.3 is 10.2 Å². The van der Waals surface area contributed by atoms with Crippen molar-refractivity contribution in [2.24, 2.45) is 0 Å². The smallest absolute Gasteiger partial charge is 0.106 e. The average molecular weight is 211 g/mol. The van der Waals surface area contributed by atoms with E-state index in [-0.39, 0.29) is 5.54 Å². The molecular weight excluding hydrogens is 186 g/mol. The molecule has 0 saturated carbocycles. The quantitative estimate of drug-likeness (QED) is 0.700. The van der Waals surface area contributed by atoms with Crippen LogP contribution in [0.3, 0.4) is 0 Å². The maximum atomic E-state index is 9.12. The molecule has 0 aromatic rings. The summed E-state index contributed by atoms with van der Waals surface area (Å²) in [6, 6.07) is 2.97. The molecule has 0 heterocycles. The highest BCUT2D eigenvalue weighted by atomic mass is 15.1. The first kappa shape index (κ1) is 14.4. The number of hydrogen-bond acceptors (Lipinski definition) is 3. The van der Waals surface area contributed by atoms with Crippen LogP contribution in [0.5, 0.6) is 0 Å². The molecule has 0 aromatic heterocycles. The van der Waals surface area contributed by atoms with Gasteiger partial charge in [0.15, 0.2) is 0 Å². The Hall–Kier alpha value is -0.590. The topological polar surface area (TPSA) is 39.1 Å². The van der Waals surface area contributed by atoms with E-state index in [1.54, 1.807) is 0 Å². The van der Waals surface area contributed by atoms with Crippen LogP contribution in [-0.2, 0) is 0 Å². The number of nitriles is 1. The van der Waals surface area contributed by atoms with Gasteiger partial charge in [0.1, 0.15) is 5.54 Å². The molecule has 0 bridgehead atoms. The van der Waals surface area contributed by atoms with E-state index >= 15 is 0 Å². The molecule has 0 aliphatic heterocycles. The molecule has 0 spiro atoms. The van der Waals surface area contributed by atoms with E-state index in [0.29, 0.717) is 6.04 Å². The van der Waals surface area contributed by atoms with Gasteiger partial charge in [0.2, 0.25) is 0 Å². The van der Waals surface area contributed by atoms with Gasteiger partial charge in [-0.1, -0.05) is 6.92 Å². The third kappa shape index (κ3) is 4.63. The Balaban J connectivity index is 3.98. The second kappa shape index (κ2) is 6.81. The predicted octanol–water partition coefficient (Wildman–Crippen LogP) is 2.00. The van der Waals surface area contributed by atoms with Gasteiger partial charge in [-0.15, -0.1) is 0 Å². The van der Waals surface area contributed by atoms with E-state index in [9.17, 15) is 0 Å². The largest absolute Gasteiger partial charge is 0.304 e. The molecule has 1 unspecified atom stereocenters. The van der Waals surface area contributed by atoms with Crippen LogP contribution in [0.15, 0.2) is 0 Å². The summed E-state index contributed by atoms with van der Waals surface area (Å²) in [5.74, 6) is 0. The van der Waals surface area contributed by atoms with Crippen molar-refractivity contribution in [1.82, 2.24) is 10.2 Å². The van der Waals surface area contributed by atoms with E-state index in [1.807, 2.05) is 7.05 Å². The molecule has 1 N–H and O–H groups in total. The molecule has 0 aromatic carbocycles. The van der Waals surface area contributed by atoms with Crippen molar-refractivity contribution >= 4 is 0 Å². The SMILES string of the molecule is CCC(C#N)(CCCN(C)C(C)C)NC. The fraction of sp³-hybridized carbons (Fsp3) is 0.917. The molecule has 0 radical (unpaired) electrons. The average Bonchev–Trinajstić information content (AvgIpc) is 2.24. The highest BCUT2D eigenvalue weighted by Crippen LogP contribution is 2.16. The van der Waals surface area contributed by atoms with Crippen molar-refractivity contribution in [1.29, 1.82) is 5.26 Å². The lowest BCUT2D eigenvalue weighted by atomic mass is 9.92. The van der Waals surface area contributed by atoms with Crippen LogP contribution >= 0.6 is 0 Å². The van der Waals surface area contributed by atoms with Crippen LogP contribution in [0.1, 0.15) is 40.0 Å². The van der Waals surface area contributed by atoms with Gasteiger partial charge in [0.05, 0.1) is 6.07 Å². The number of nitrogens with zero attached hydrogens (tertiary/aromatic N) is 2. The van der Waals surface area contributed by atoms with Crippen LogP contribution in [-0.4, -0.2) is 37.1 Å². The van der Waals surface area contributed by atoms with E-state index in [4.69, 9.17) is 5.26 Å². The fourth-order valence-corrected chi connectivity index (χ4v) is 1.56. The molecule has 1 atom stereocenters. The number of hydrogen-bond donors (Lipinski definition) is 1. The van der Waals surface area contributed by atoms with E-state index in [2.05, 4.69) is 44.1 Å². The maximum Gasteiger partial charge on any atom is 0.106 e. The molecule has 0 aliphatic carbocycles. The van der Waals surface area contributed by atoms with Crippen LogP contribution in [0, 0.1) is 11.3 Å². The van der Waals surface area contributed by atoms with Gasteiger partial charge in [0.25, 0.3) is 0 Å². The molecule has 0 aliphatic rings. The van der Waals surface area contributed by atoms with E-state index in [1.165, 1.54) is 0 Å². The monoisotopic (exact) mass is 211 g/mol. The first-order chi connectivity index (χ1) is 7.01. The zero-order valence-corrected chi connectivity index (χ0v) is 10.8. The minimum Gasteiger partial charge on any atom is -0.304 e. The van der Waals surface area contributed by atoms with Crippen molar-refractivity contribution in [2.45, 2.75) is 51.6 Å². The van der Waals surface area contributed by atoms with Crippen molar-refractivity contribution in [2.75, 3.05) is 20.6 Å². The van der Waals surface area contributed by atoms with Crippen LogP contribution in [0.4, 0.5) is 0 Å². The highest BCUT2D eigenvalue weighted by molar-refractivity contribution is 5.05. The second-order valence-electron chi connectivity index (χ2n) is 4.48. The lowest BCUT2D eigenvalue weighted by Gasteiger charge is -2.27. The van der Waals surface area contributed by atoms with Gasteiger partial charge >= 0.3 is 0 Å². The molecule has 0 rings (SSSR count). The molecular formula is C12H25N3. The van der Waals surface area contributed by atoms with Crippen LogP contribution < -0.4 is 5.32 Å². The molecule has 15 heavy (non-hydrogen) atoms. The zero-order chi connectivity index (χ0) is 11.9. The summed E-state index contributed by atoms with van der Waals surface area (Å²) >= 11 is 0.